The van der Waals surface area contributed by atoms with Gasteiger partial charge >= 0.3 is 0 Å². The van der Waals surface area contributed by atoms with E-state index in [0.717, 1.165) is 44.0 Å². The van der Waals surface area contributed by atoms with E-state index in [1.54, 1.807) is 0 Å². The van der Waals surface area contributed by atoms with Gasteiger partial charge in [0.15, 0.2) is 0 Å². The molecular formula is C15H20ClN5S. The van der Waals surface area contributed by atoms with Crippen LogP contribution in [0.2, 0.25) is 4.34 Å². The zero-order valence-corrected chi connectivity index (χ0v) is 14.0. The maximum Gasteiger partial charge on any atom is 0.138 e. The van der Waals surface area contributed by atoms with Gasteiger partial charge in [-0.2, -0.15) is 0 Å². The van der Waals surface area contributed by atoms with E-state index in [1.165, 1.54) is 24.4 Å². The lowest BCUT2D eigenvalue weighted by Crippen LogP contribution is -2.35. The zero-order chi connectivity index (χ0) is 15.2. The van der Waals surface area contributed by atoms with Gasteiger partial charge in [-0.1, -0.05) is 22.2 Å². The highest BCUT2D eigenvalue weighted by Gasteiger charge is 2.22. The van der Waals surface area contributed by atoms with E-state index in [1.807, 2.05) is 18.3 Å². The first kappa shape index (κ1) is 15.8. The van der Waals surface area contributed by atoms with Gasteiger partial charge in [0.1, 0.15) is 10.0 Å². The first-order chi connectivity index (χ1) is 10.8. The molecule has 0 radical (unpaired) electrons. The largest absolute Gasteiger partial charge is 0.317 e. The van der Waals surface area contributed by atoms with Crippen molar-refractivity contribution in [2.45, 2.75) is 38.4 Å². The number of hydrogen-bond donors (Lipinski definition) is 1. The van der Waals surface area contributed by atoms with Gasteiger partial charge in [-0.05, 0) is 44.5 Å². The summed E-state index contributed by atoms with van der Waals surface area (Å²) in [6.07, 6.45) is 5.38. The zero-order valence-electron chi connectivity index (χ0n) is 12.4. The molecule has 1 aliphatic heterocycles. The number of pyridine rings is 1. The maximum atomic E-state index is 6.20. The van der Waals surface area contributed by atoms with Crippen molar-refractivity contribution in [2.75, 3.05) is 13.1 Å². The van der Waals surface area contributed by atoms with E-state index in [2.05, 4.69) is 30.9 Å². The third kappa shape index (κ3) is 4.23. The van der Waals surface area contributed by atoms with Crippen molar-refractivity contribution in [3.63, 3.8) is 0 Å². The summed E-state index contributed by atoms with van der Waals surface area (Å²) in [6, 6.07) is 6.58. The van der Waals surface area contributed by atoms with E-state index >= 15 is 0 Å². The van der Waals surface area contributed by atoms with Crippen LogP contribution >= 0.6 is 23.1 Å². The minimum atomic E-state index is 0.523. The molecule has 118 valence electrons. The molecule has 7 heteroatoms. The fraction of sp³-hybridized carbons (Fsp3) is 0.533. The number of aromatic nitrogens is 3. The summed E-state index contributed by atoms with van der Waals surface area (Å²) in [4.78, 5) is 6.91. The lowest BCUT2D eigenvalue weighted by Gasteiger charge is -2.30. The molecule has 0 aliphatic carbocycles. The molecule has 0 spiro atoms. The van der Waals surface area contributed by atoms with Crippen LogP contribution in [-0.4, -0.2) is 38.6 Å². The summed E-state index contributed by atoms with van der Waals surface area (Å²) in [5.41, 5.74) is 1.96. The molecule has 22 heavy (non-hydrogen) atoms. The third-order valence-corrected chi connectivity index (χ3v) is 5.00. The molecule has 2 aromatic rings. The van der Waals surface area contributed by atoms with Crippen LogP contribution in [0.1, 0.15) is 30.7 Å². The molecule has 1 unspecified atom stereocenters. The molecule has 2 aromatic heterocycles. The van der Waals surface area contributed by atoms with Crippen LogP contribution in [0.3, 0.4) is 0 Å². The van der Waals surface area contributed by atoms with Crippen LogP contribution in [0, 0.1) is 0 Å². The summed E-state index contributed by atoms with van der Waals surface area (Å²) < 4.78 is 4.64. The molecule has 0 saturated carbocycles. The first-order valence-electron chi connectivity index (χ1n) is 7.64. The first-order valence-corrected chi connectivity index (χ1v) is 8.79. The molecule has 1 atom stereocenters. The fourth-order valence-electron chi connectivity index (χ4n) is 2.86. The van der Waals surface area contributed by atoms with E-state index < -0.39 is 0 Å². The molecule has 1 aliphatic rings. The molecule has 3 rings (SSSR count). The highest BCUT2D eigenvalue weighted by atomic mass is 35.5. The summed E-state index contributed by atoms with van der Waals surface area (Å²) in [7, 11) is 0. The predicted molar refractivity (Wildman–Crippen MR) is 88.9 cm³/mol. The Morgan fingerprint density at radius 3 is 3.00 bits per heavy atom. The smallest absolute Gasteiger partial charge is 0.138 e. The lowest BCUT2D eigenvalue weighted by molar-refractivity contribution is 0.160. The van der Waals surface area contributed by atoms with Crippen LogP contribution in [-0.2, 0) is 13.1 Å². The molecule has 0 amide bonds. The van der Waals surface area contributed by atoms with Crippen LogP contribution in [0.5, 0.6) is 0 Å². The van der Waals surface area contributed by atoms with Gasteiger partial charge in [-0.3, -0.25) is 9.88 Å². The van der Waals surface area contributed by atoms with Crippen LogP contribution in [0.25, 0.3) is 0 Å². The van der Waals surface area contributed by atoms with E-state index in [0.29, 0.717) is 10.4 Å². The molecule has 5 nitrogen and oxygen atoms in total. The molecule has 0 aromatic carbocycles. The number of rotatable bonds is 5. The van der Waals surface area contributed by atoms with Gasteiger partial charge in [0, 0.05) is 36.9 Å². The van der Waals surface area contributed by atoms with Crippen molar-refractivity contribution < 1.29 is 0 Å². The molecular weight excluding hydrogens is 318 g/mol. The summed E-state index contributed by atoms with van der Waals surface area (Å²) in [6.45, 7) is 3.72. The van der Waals surface area contributed by atoms with Gasteiger partial charge in [-0.25, -0.2) is 0 Å². The quantitative estimate of drug-likeness (QED) is 0.909. The number of halogens is 1. The van der Waals surface area contributed by atoms with Gasteiger partial charge in [0.2, 0.25) is 0 Å². The van der Waals surface area contributed by atoms with E-state index in [9.17, 15) is 0 Å². The monoisotopic (exact) mass is 337 g/mol. The van der Waals surface area contributed by atoms with Crippen molar-refractivity contribution in [3.05, 3.63) is 40.1 Å². The number of nitrogens with zero attached hydrogens (tertiary/aromatic N) is 4. The highest BCUT2D eigenvalue weighted by molar-refractivity contribution is 7.10. The van der Waals surface area contributed by atoms with Crippen molar-refractivity contribution in [1.82, 2.24) is 24.8 Å². The van der Waals surface area contributed by atoms with Crippen LogP contribution in [0.4, 0.5) is 0 Å². The number of nitrogens with one attached hydrogen (secondary N) is 1. The normalized spacial score (nSPS) is 19.3. The summed E-state index contributed by atoms with van der Waals surface area (Å²) in [5, 5.41) is 7.65. The SMILES string of the molecule is Clc1snnc1CN(Cc1ccccn1)C1CCCNCC1. The van der Waals surface area contributed by atoms with Crippen molar-refractivity contribution in [3.8, 4) is 0 Å². The molecule has 3 heterocycles. The fourth-order valence-corrected chi connectivity index (χ4v) is 3.48. The Labute approximate surface area is 139 Å². The van der Waals surface area contributed by atoms with Gasteiger partial charge in [-0.15, -0.1) is 5.10 Å². The topological polar surface area (TPSA) is 53.9 Å². The third-order valence-electron chi connectivity index (χ3n) is 4.02. The standard InChI is InChI=1S/C15H20ClN5S/c16-15-14(19-20-22-15)11-21(10-12-4-1-2-8-18-12)13-5-3-7-17-9-6-13/h1-2,4,8,13,17H,3,5-7,9-11H2. The van der Waals surface area contributed by atoms with Gasteiger partial charge < -0.3 is 5.32 Å². The van der Waals surface area contributed by atoms with Crippen LogP contribution < -0.4 is 5.32 Å². The Hall–Kier alpha value is -1.08. The van der Waals surface area contributed by atoms with E-state index in [-0.39, 0.29) is 0 Å². The molecule has 0 bridgehead atoms. The maximum absolute atomic E-state index is 6.20. The van der Waals surface area contributed by atoms with E-state index in [4.69, 9.17) is 11.6 Å². The van der Waals surface area contributed by atoms with Gasteiger partial charge in [0.25, 0.3) is 0 Å². The molecule has 1 fully saturated rings. The van der Waals surface area contributed by atoms with Gasteiger partial charge in [0.05, 0.1) is 5.69 Å². The Morgan fingerprint density at radius 1 is 1.27 bits per heavy atom. The van der Waals surface area contributed by atoms with Crippen molar-refractivity contribution in [1.29, 1.82) is 0 Å². The Morgan fingerprint density at radius 2 is 2.23 bits per heavy atom. The number of hydrogen-bond acceptors (Lipinski definition) is 6. The minimum Gasteiger partial charge on any atom is -0.317 e. The average molecular weight is 338 g/mol. The Kier molecular flexibility index (Phi) is 5.72. The van der Waals surface area contributed by atoms with Crippen molar-refractivity contribution >= 4 is 23.1 Å². The predicted octanol–water partition coefficient (Wildman–Crippen LogP) is 2.73. The minimum absolute atomic E-state index is 0.523. The Bertz CT molecular complexity index is 568. The summed E-state index contributed by atoms with van der Waals surface area (Å²) >= 11 is 7.45. The second kappa shape index (κ2) is 7.97. The van der Waals surface area contributed by atoms with Crippen LogP contribution in [0.15, 0.2) is 24.4 Å². The molecule has 1 N–H and O–H groups in total. The molecule has 1 saturated heterocycles. The highest BCUT2D eigenvalue weighted by Crippen LogP contribution is 2.23. The van der Waals surface area contributed by atoms with Crippen molar-refractivity contribution in [2.24, 2.45) is 0 Å². The lowest BCUT2D eigenvalue weighted by atomic mass is 10.1. The second-order valence-corrected chi connectivity index (χ2v) is 6.91. The average Bonchev–Trinajstić information content (AvgIpc) is 2.79. The Balaban J connectivity index is 1.76. The summed E-state index contributed by atoms with van der Waals surface area (Å²) in [5.74, 6) is 0. The second-order valence-electron chi connectivity index (χ2n) is 5.55.